The molecule has 2 aromatic carbocycles. The Labute approximate surface area is 161 Å². The Bertz CT molecular complexity index is 1180. The number of carbonyl (C=O) groups is 2. The van der Waals surface area contributed by atoms with Crippen LogP contribution in [0.15, 0.2) is 47.3 Å². The summed E-state index contributed by atoms with van der Waals surface area (Å²) in [5, 5.41) is 21.1. The van der Waals surface area contributed by atoms with Crippen molar-refractivity contribution in [1.29, 1.82) is 0 Å². The van der Waals surface area contributed by atoms with Crippen molar-refractivity contribution in [3.8, 4) is 5.75 Å². The highest BCUT2D eigenvalue weighted by Gasteiger charge is 2.23. The highest BCUT2D eigenvalue weighted by molar-refractivity contribution is 6.02. The van der Waals surface area contributed by atoms with Gasteiger partial charge in [-0.25, -0.2) is 8.78 Å². The first-order chi connectivity index (χ1) is 13.8. The molecule has 1 heterocycles. The number of rotatable bonds is 6. The highest BCUT2D eigenvalue weighted by atomic mass is 19.1. The second kappa shape index (κ2) is 7.97. The zero-order valence-corrected chi connectivity index (χ0v) is 14.7. The summed E-state index contributed by atoms with van der Waals surface area (Å²) in [6, 6.07) is 8.73. The molecule has 1 amide bonds. The molecule has 0 unspecified atom stereocenters. The Kier molecular flexibility index (Phi) is 5.44. The first-order valence-electron chi connectivity index (χ1n) is 8.23. The molecule has 0 atom stereocenters. The molecule has 0 saturated heterocycles. The summed E-state index contributed by atoms with van der Waals surface area (Å²) < 4.78 is 27.6. The number of aromatic hydroxyl groups is 1. The summed E-state index contributed by atoms with van der Waals surface area (Å²) in [7, 11) is 0. The number of hydrogen-bond donors (Lipinski definition) is 3. The molecule has 3 aromatic rings. The van der Waals surface area contributed by atoms with E-state index in [2.05, 4.69) is 0 Å². The first kappa shape index (κ1) is 19.8. The van der Waals surface area contributed by atoms with Crippen molar-refractivity contribution in [2.45, 2.75) is 6.61 Å². The quantitative estimate of drug-likeness (QED) is 0.572. The van der Waals surface area contributed by atoms with Gasteiger partial charge >= 0.3 is 5.97 Å². The second-order valence-corrected chi connectivity index (χ2v) is 5.93. The van der Waals surface area contributed by atoms with Gasteiger partial charge in [-0.05, 0) is 24.3 Å². The van der Waals surface area contributed by atoms with E-state index in [0.29, 0.717) is 10.8 Å². The van der Waals surface area contributed by atoms with Gasteiger partial charge in [-0.1, -0.05) is 12.1 Å². The number of nitrogens with zero attached hydrogens (tertiary/aromatic N) is 1. The lowest BCUT2D eigenvalue weighted by atomic mass is 10.1. The van der Waals surface area contributed by atoms with E-state index in [1.165, 1.54) is 18.2 Å². The predicted molar refractivity (Wildman–Crippen MR) is 96.5 cm³/mol. The van der Waals surface area contributed by atoms with Crippen molar-refractivity contribution < 1.29 is 33.4 Å². The first-order valence-corrected chi connectivity index (χ1v) is 8.23. The zero-order chi connectivity index (χ0) is 21.1. The number of fused-ring (bicyclic) bond motifs is 1. The van der Waals surface area contributed by atoms with Crippen molar-refractivity contribution in [2.24, 2.45) is 0 Å². The Morgan fingerprint density at radius 3 is 2.55 bits per heavy atom. The maximum absolute atomic E-state index is 13.8. The second-order valence-electron chi connectivity index (χ2n) is 5.93. The van der Waals surface area contributed by atoms with Crippen molar-refractivity contribution in [1.82, 2.24) is 10.0 Å². The molecule has 0 aliphatic rings. The van der Waals surface area contributed by atoms with Crippen LogP contribution in [-0.2, 0) is 11.4 Å². The molecule has 0 spiro atoms. The van der Waals surface area contributed by atoms with Crippen LogP contribution in [-0.4, -0.2) is 33.4 Å². The molecule has 1 aromatic heterocycles. The molecule has 3 rings (SSSR count). The van der Waals surface area contributed by atoms with Crippen LogP contribution in [0.5, 0.6) is 5.75 Å². The van der Waals surface area contributed by atoms with Crippen LogP contribution in [0.1, 0.15) is 15.9 Å². The number of hydrogen-bond acceptors (Lipinski definition) is 5. The van der Waals surface area contributed by atoms with Crippen molar-refractivity contribution in [2.75, 3.05) is 6.54 Å². The largest absolute Gasteiger partial charge is 0.506 e. The van der Waals surface area contributed by atoms with E-state index in [1.54, 1.807) is 6.07 Å². The molecule has 3 N–H and O–H groups in total. The number of carboxylic acid groups (broad SMARTS) is 1. The van der Waals surface area contributed by atoms with Gasteiger partial charge in [-0.2, -0.15) is 0 Å². The molecular formula is C19H14F2N2O6. The lowest BCUT2D eigenvalue weighted by molar-refractivity contribution is -0.135. The summed E-state index contributed by atoms with van der Waals surface area (Å²) in [4.78, 5) is 41.0. The Balaban J connectivity index is 2.06. The van der Waals surface area contributed by atoms with E-state index >= 15 is 0 Å². The van der Waals surface area contributed by atoms with Crippen molar-refractivity contribution >= 4 is 22.8 Å². The SMILES string of the molecule is O=C(O)CNC(=O)c1c(O)c2ccccc2n(OCc2ccc(F)cc2F)c1=O. The van der Waals surface area contributed by atoms with Crippen LogP contribution < -0.4 is 15.7 Å². The van der Waals surface area contributed by atoms with E-state index in [-0.39, 0.29) is 16.5 Å². The smallest absolute Gasteiger partial charge is 0.322 e. The lowest BCUT2D eigenvalue weighted by Gasteiger charge is -2.15. The Morgan fingerprint density at radius 1 is 1.14 bits per heavy atom. The molecule has 0 radical (unpaired) electrons. The minimum absolute atomic E-state index is 0.0488. The normalized spacial score (nSPS) is 10.7. The summed E-state index contributed by atoms with van der Waals surface area (Å²) in [6.07, 6.45) is 0. The average Bonchev–Trinajstić information content (AvgIpc) is 2.67. The van der Waals surface area contributed by atoms with Crippen LogP contribution in [0.25, 0.3) is 10.9 Å². The molecule has 10 heteroatoms. The number of pyridine rings is 1. The van der Waals surface area contributed by atoms with E-state index in [4.69, 9.17) is 9.94 Å². The number of carboxylic acids is 1. The maximum atomic E-state index is 13.8. The monoisotopic (exact) mass is 404 g/mol. The van der Waals surface area contributed by atoms with Gasteiger partial charge in [0.25, 0.3) is 11.5 Å². The summed E-state index contributed by atoms with van der Waals surface area (Å²) in [5.41, 5.74) is -1.77. The van der Waals surface area contributed by atoms with Crippen LogP contribution in [0.4, 0.5) is 8.78 Å². The van der Waals surface area contributed by atoms with Gasteiger partial charge in [0.05, 0.1) is 5.52 Å². The molecule has 0 fully saturated rings. The van der Waals surface area contributed by atoms with Gasteiger partial charge in [-0.3, -0.25) is 14.4 Å². The van der Waals surface area contributed by atoms with Gasteiger partial charge in [0.1, 0.15) is 30.5 Å². The molecule has 150 valence electrons. The maximum Gasteiger partial charge on any atom is 0.322 e. The van der Waals surface area contributed by atoms with E-state index in [0.717, 1.165) is 12.1 Å². The zero-order valence-electron chi connectivity index (χ0n) is 14.7. The number of aromatic nitrogens is 1. The fraction of sp³-hybridized carbons (Fsp3) is 0.105. The highest BCUT2D eigenvalue weighted by Crippen LogP contribution is 2.26. The molecule has 0 saturated carbocycles. The summed E-state index contributed by atoms with van der Waals surface area (Å²) in [5.74, 6) is -4.79. The molecule has 0 bridgehead atoms. The van der Waals surface area contributed by atoms with E-state index in [9.17, 15) is 28.3 Å². The fourth-order valence-corrected chi connectivity index (χ4v) is 2.65. The van der Waals surface area contributed by atoms with Gasteiger partial charge in [0.2, 0.25) is 0 Å². The number of aliphatic carboxylic acids is 1. The van der Waals surface area contributed by atoms with Gasteiger partial charge in [0.15, 0.2) is 5.56 Å². The van der Waals surface area contributed by atoms with Crippen LogP contribution in [0.3, 0.4) is 0 Å². The standard InChI is InChI=1S/C19H14F2N2O6/c20-11-6-5-10(13(21)7-11)9-29-23-14-4-2-1-3-12(14)17(26)16(19(23)28)18(27)22-8-15(24)25/h1-7,26H,8-9H2,(H,22,27)(H,24,25). The Hall–Kier alpha value is -3.95. The summed E-state index contributed by atoms with van der Waals surface area (Å²) >= 11 is 0. The average molecular weight is 404 g/mol. The number of benzene rings is 2. The summed E-state index contributed by atoms with van der Waals surface area (Å²) in [6.45, 7) is -1.25. The minimum atomic E-state index is -1.35. The van der Waals surface area contributed by atoms with Crippen LogP contribution in [0, 0.1) is 11.6 Å². The van der Waals surface area contributed by atoms with E-state index < -0.39 is 53.5 Å². The third-order valence-corrected chi connectivity index (χ3v) is 4.00. The number of para-hydroxylation sites is 1. The number of amides is 1. The topological polar surface area (TPSA) is 118 Å². The van der Waals surface area contributed by atoms with Crippen molar-refractivity contribution in [3.63, 3.8) is 0 Å². The van der Waals surface area contributed by atoms with Crippen molar-refractivity contribution in [3.05, 3.63) is 75.6 Å². The predicted octanol–water partition coefficient (Wildman–Crippen LogP) is 1.43. The molecular weight excluding hydrogens is 390 g/mol. The van der Waals surface area contributed by atoms with Gasteiger partial charge in [-0.15, -0.1) is 4.73 Å². The molecule has 29 heavy (non-hydrogen) atoms. The third kappa shape index (κ3) is 4.00. The van der Waals surface area contributed by atoms with Gasteiger partial charge in [0, 0.05) is 17.0 Å². The number of carbonyl (C=O) groups excluding carboxylic acids is 1. The third-order valence-electron chi connectivity index (χ3n) is 4.00. The van der Waals surface area contributed by atoms with Gasteiger partial charge < -0.3 is 20.4 Å². The Morgan fingerprint density at radius 2 is 1.86 bits per heavy atom. The van der Waals surface area contributed by atoms with Crippen LogP contribution >= 0.6 is 0 Å². The number of nitrogens with one attached hydrogen (secondary N) is 1. The molecule has 0 aliphatic heterocycles. The number of halogens is 2. The molecule has 0 aliphatic carbocycles. The van der Waals surface area contributed by atoms with Crippen LogP contribution in [0.2, 0.25) is 0 Å². The fourth-order valence-electron chi connectivity index (χ4n) is 2.65. The minimum Gasteiger partial charge on any atom is -0.506 e. The lowest BCUT2D eigenvalue weighted by Crippen LogP contribution is -2.37. The van der Waals surface area contributed by atoms with E-state index in [1.807, 2.05) is 5.32 Å². The molecule has 8 nitrogen and oxygen atoms in total.